The van der Waals surface area contributed by atoms with Crippen LogP contribution in [0.1, 0.15) is 90.9 Å². The van der Waals surface area contributed by atoms with Gasteiger partial charge in [-0.1, -0.05) is 104 Å². The standard InChI is InChI=1S/C47H48F3NO6S2/c1-32-10-8-25-45(2)42(24-26-46(45,54)31-51(59(55,56)43-15-9-27-58-43)30-33-17-21-37(22-18-33)57-47(48,49)50)39-23-19-34(28-36(52)20-16-32)29-41(39)44(53)40-14-7-6-13-38(40)35-11-4-3-5-12-35/h3-7,9-15,17-19,21-23,27,29,36,42,52,54H,8,16,20,24-26,28,30-31H2,1-2H3/t36-,42-,45-,46+/m0/s1. The van der Waals surface area contributed by atoms with E-state index < -0.39 is 39.3 Å². The predicted molar refractivity (Wildman–Crippen MR) is 224 cm³/mol. The molecule has 0 spiro atoms. The van der Waals surface area contributed by atoms with Crippen LogP contribution in [0.15, 0.2) is 130 Å². The third kappa shape index (κ3) is 9.27. The molecule has 4 aromatic carbocycles. The van der Waals surface area contributed by atoms with Crippen molar-refractivity contribution >= 4 is 27.1 Å². The van der Waals surface area contributed by atoms with Crippen LogP contribution in [0.4, 0.5) is 13.2 Å². The number of carbonyl (C=O) groups excluding carboxylic acids is 1. The van der Waals surface area contributed by atoms with E-state index in [1.165, 1.54) is 22.5 Å². The van der Waals surface area contributed by atoms with E-state index >= 15 is 4.79 Å². The van der Waals surface area contributed by atoms with E-state index in [0.717, 1.165) is 51.3 Å². The van der Waals surface area contributed by atoms with Gasteiger partial charge in [-0.3, -0.25) is 4.79 Å². The Morgan fingerprint density at radius 1 is 0.915 bits per heavy atom. The average Bonchev–Trinajstić information content (AvgIpc) is 3.84. The number of sulfonamides is 1. The number of benzene rings is 4. The van der Waals surface area contributed by atoms with Crippen molar-refractivity contribution in [2.45, 2.75) is 93.5 Å². The molecule has 1 heterocycles. The molecule has 3 aliphatic rings. The van der Waals surface area contributed by atoms with Crippen LogP contribution in [-0.4, -0.2) is 53.3 Å². The number of thiophene rings is 1. The van der Waals surface area contributed by atoms with Gasteiger partial charge in [0.05, 0.1) is 11.7 Å². The van der Waals surface area contributed by atoms with Gasteiger partial charge in [-0.25, -0.2) is 8.42 Å². The van der Waals surface area contributed by atoms with Crippen molar-refractivity contribution in [3.63, 3.8) is 0 Å². The molecule has 12 heteroatoms. The molecule has 2 N–H and O–H groups in total. The number of alkyl halides is 3. The quantitative estimate of drug-likeness (QED) is 0.107. The first-order valence-corrected chi connectivity index (χ1v) is 22.1. The first kappa shape index (κ1) is 42.5. The smallest absolute Gasteiger partial charge is 0.406 e. The Kier molecular flexibility index (Phi) is 12.4. The summed E-state index contributed by atoms with van der Waals surface area (Å²) in [4.78, 5) is 15.0. The van der Waals surface area contributed by atoms with Gasteiger partial charge in [-0.05, 0) is 115 Å². The number of nitrogens with zero attached hydrogens (tertiary/aromatic N) is 1. The Bertz CT molecular complexity index is 2400. The van der Waals surface area contributed by atoms with Gasteiger partial charge >= 0.3 is 6.36 Å². The van der Waals surface area contributed by atoms with Gasteiger partial charge in [-0.15, -0.1) is 24.5 Å². The SMILES string of the molecule is CC1=CCC[C@@]2(C)[C@@H](CC[C@@]2(O)CN(Cc2ccc(OC(F)(F)F)cc2)S(=O)(=O)c2cccs2)c2ccc(cc2C(=O)c2ccccc2-c2ccccc2)C[C@@H](O)CC1. The molecule has 0 unspecified atom stereocenters. The predicted octanol–water partition coefficient (Wildman–Crippen LogP) is 10.5. The fraction of sp³-hybridized carbons (Fsp3) is 0.340. The highest BCUT2D eigenvalue weighted by Gasteiger charge is 2.58. The van der Waals surface area contributed by atoms with Crippen LogP contribution in [0.5, 0.6) is 5.75 Å². The average molecular weight is 844 g/mol. The maximum absolute atomic E-state index is 15.0. The molecule has 310 valence electrons. The lowest BCUT2D eigenvalue weighted by Crippen LogP contribution is -2.53. The van der Waals surface area contributed by atoms with Crippen molar-refractivity contribution in [1.82, 2.24) is 4.31 Å². The highest BCUT2D eigenvalue weighted by Crippen LogP contribution is 2.59. The Morgan fingerprint density at radius 2 is 1.64 bits per heavy atom. The number of allylic oxidation sites excluding steroid dienone is 2. The van der Waals surface area contributed by atoms with Crippen LogP contribution < -0.4 is 4.74 Å². The lowest BCUT2D eigenvalue weighted by Gasteiger charge is -2.46. The number of carbonyl (C=O) groups is 1. The van der Waals surface area contributed by atoms with Gasteiger partial charge in [0.1, 0.15) is 9.96 Å². The largest absolute Gasteiger partial charge is 0.573 e. The van der Waals surface area contributed by atoms with Gasteiger partial charge in [0.15, 0.2) is 5.78 Å². The van der Waals surface area contributed by atoms with E-state index in [-0.39, 0.29) is 35.4 Å². The van der Waals surface area contributed by atoms with E-state index in [1.54, 1.807) is 11.4 Å². The summed E-state index contributed by atoms with van der Waals surface area (Å²) in [6, 6.07) is 31.1. The van der Waals surface area contributed by atoms with Crippen molar-refractivity contribution < 1.29 is 41.3 Å². The van der Waals surface area contributed by atoms with Gasteiger partial charge in [0.2, 0.25) is 0 Å². The number of ketones is 1. The van der Waals surface area contributed by atoms with Crippen LogP contribution in [0.25, 0.3) is 11.1 Å². The second kappa shape index (κ2) is 17.2. The molecular formula is C47H48F3NO6S2. The summed E-state index contributed by atoms with van der Waals surface area (Å²) in [5, 5.41) is 25.9. The summed E-state index contributed by atoms with van der Waals surface area (Å²) < 4.78 is 73.0. The molecule has 1 aromatic heterocycles. The number of aliphatic hydroxyl groups excluding tert-OH is 1. The molecule has 0 radical (unpaired) electrons. The topological polar surface area (TPSA) is 104 Å². The number of halogens is 3. The lowest BCUT2D eigenvalue weighted by atomic mass is 9.64. The molecule has 59 heavy (non-hydrogen) atoms. The van der Waals surface area contributed by atoms with Crippen molar-refractivity contribution in [3.8, 4) is 16.9 Å². The Hall–Kier alpha value is -4.59. The minimum absolute atomic E-state index is 0.0742. The van der Waals surface area contributed by atoms with Crippen LogP contribution in [0.3, 0.4) is 0 Å². The summed E-state index contributed by atoms with van der Waals surface area (Å²) >= 11 is 1.04. The maximum Gasteiger partial charge on any atom is 0.573 e. The molecule has 1 saturated carbocycles. The number of rotatable bonds is 10. The Balaban J connectivity index is 1.32. The van der Waals surface area contributed by atoms with E-state index in [4.69, 9.17) is 0 Å². The molecule has 7 nitrogen and oxygen atoms in total. The number of fused-ring (bicyclic) bond motifs is 8. The molecule has 5 aromatic rings. The molecule has 0 aliphatic heterocycles. The Labute approximate surface area is 347 Å². The normalized spacial score (nSPS) is 22.7. The van der Waals surface area contributed by atoms with Crippen LogP contribution in [-0.2, 0) is 23.0 Å². The van der Waals surface area contributed by atoms with Crippen molar-refractivity contribution in [3.05, 3.63) is 154 Å². The number of aliphatic hydroxyl groups is 2. The molecule has 8 rings (SSSR count). The first-order valence-electron chi connectivity index (χ1n) is 19.8. The second-order valence-electron chi connectivity index (χ2n) is 16.1. The number of hydrogen-bond acceptors (Lipinski definition) is 7. The Morgan fingerprint density at radius 3 is 2.36 bits per heavy atom. The maximum atomic E-state index is 15.0. The zero-order valence-corrected chi connectivity index (χ0v) is 34.6. The molecular weight excluding hydrogens is 796 g/mol. The highest BCUT2D eigenvalue weighted by molar-refractivity contribution is 7.91. The summed E-state index contributed by atoms with van der Waals surface area (Å²) in [6.45, 7) is 3.50. The third-order valence-electron chi connectivity index (χ3n) is 12.2. The van der Waals surface area contributed by atoms with Gasteiger partial charge < -0.3 is 14.9 Å². The molecule has 3 aliphatic carbocycles. The summed E-state index contributed by atoms with van der Waals surface area (Å²) in [6.07, 6.45) is -0.119. The van der Waals surface area contributed by atoms with Crippen molar-refractivity contribution in [2.24, 2.45) is 5.41 Å². The highest BCUT2D eigenvalue weighted by atomic mass is 32.2. The minimum Gasteiger partial charge on any atom is -0.406 e. The number of ether oxygens (including phenoxy) is 1. The van der Waals surface area contributed by atoms with Gasteiger partial charge in [0, 0.05) is 29.6 Å². The van der Waals surface area contributed by atoms with E-state index in [2.05, 4.69) is 10.8 Å². The van der Waals surface area contributed by atoms with Crippen LogP contribution in [0.2, 0.25) is 0 Å². The fourth-order valence-corrected chi connectivity index (χ4v) is 11.6. The van der Waals surface area contributed by atoms with E-state index in [9.17, 15) is 31.8 Å². The van der Waals surface area contributed by atoms with E-state index in [0.29, 0.717) is 55.2 Å². The zero-order chi connectivity index (χ0) is 42.0. The third-order valence-corrected chi connectivity index (χ3v) is 15.4. The summed E-state index contributed by atoms with van der Waals surface area (Å²) in [5.74, 6) is -0.994. The zero-order valence-electron chi connectivity index (χ0n) is 33.0. The van der Waals surface area contributed by atoms with E-state index in [1.807, 2.05) is 86.6 Å². The monoisotopic (exact) mass is 843 g/mol. The molecule has 0 saturated heterocycles. The van der Waals surface area contributed by atoms with Gasteiger partial charge in [0.25, 0.3) is 10.0 Å². The fourth-order valence-electron chi connectivity index (χ4n) is 8.95. The van der Waals surface area contributed by atoms with Crippen LogP contribution in [0, 0.1) is 5.41 Å². The molecule has 0 amide bonds. The lowest BCUT2D eigenvalue weighted by molar-refractivity contribution is -0.274. The summed E-state index contributed by atoms with van der Waals surface area (Å²) in [5.41, 5.74) is 3.19. The summed E-state index contributed by atoms with van der Waals surface area (Å²) in [7, 11) is -4.20. The molecule has 4 atom stereocenters. The van der Waals surface area contributed by atoms with Crippen molar-refractivity contribution in [2.75, 3.05) is 6.54 Å². The minimum atomic E-state index is -4.88. The van der Waals surface area contributed by atoms with Gasteiger partial charge in [-0.2, -0.15) is 4.31 Å². The first-order chi connectivity index (χ1) is 28.1. The molecule has 1 fully saturated rings. The molecule has 2 bridgehead atoms. The second-order valence-corrected chi connectivity index (χ2v) is 19.2. The van der Waals surface area contributed by atoms with Crippen LogP contribution >= 0.6 is 11.3 Å². The van der Waals surface area contributed by atoms with Crippen molar-refractivity contribution in [1.29, 1.82) is 0 Å². The number of hydrogen-bond donors (Lipinski definition) is 2.